The van der Waals surface area contributed by atoms with Gasteiger partial charge in [0.2, 0.25) is 0 Å². The Morgan fingerprint density at radius 2 is 1.85 bits per heavy atom. The van der Waals surface area contributed by atoms with Gasteiger partial charge in [0.1, 0.15) is 17.3 Å². The third-order valence-corrected chi connectivity index (χ3v) is 3.98. The Hall–Kier alpha value is -2.96. The van der Waals surface area contributed by atoms with E-state index in [0.29, 0.717) is 17.1 Å². The molecule has 0 fully saturated rings. The van der Waals surface area contributed by atoms with Crippen LogP contribution in [-0.4, -0.2) is 25.1 Å². The molecule has 0 saturated heterocycles. The summed E-state index contributed by atoms with van der Waals surface area (Å²) >= 11 is 0. The maximum absolute atomic E-state index is 12.0. The van der Waals surface area contributed by atoms with Crippen molar-refractivity contribution in [2.24, 2.45) is 0 Å². The van der Waals surface area contributed by atoms with Gasteiger partial charge < -0.3 is 14.5 Å². The molecule has 140 valence electrons. The van der Waals surface area contributed by atoms with Gasteiger partial charge in [0.05, 0.1) is 12.7 Å². The summed E-state index contributed by atoms with van der Waals surface area (Å²) < 4.78 is 10.4. The third kappa shape index (κ3) is 5.54. The van der Waals surface area contributed by atoms with Crippen LogP contribution < -0.4 is 20.9 Å². The smallest absolute Gasteiger partial charge is 0.333 e. The highest BCUT2D eigenvalue weighted by atomic mass is 16.5. The van der Waals surface area contributed by atoms with Crippen molar-refractivity contribution < 1.29 is 18.7 Å². The fraction of sp³-hybridized carbons (Fsp3) is 0.368. The van der Waals surface area contributed by atoms with Crippen LogP contribution in [-0.2, 0) is 6.42 Å². The van der Waals surface area contributed by atoms with E-state index in [1.54, 1.807) is 27.0 Å². The second-order valence-electron chi connectivity index (χ2n) is 6.17. The first-order chi connectivity index (χ1) is 12.4. The highest BCUT2D eigenvalue weighted by molar-refractivity contribution is 5.96. The first-order valence-corrected chi connectivity index (χ1v) is 8.46. The van der Waals surface area contributed by atoms with Gasteiger partial charge in [-0.1, -0.05) is 12.1 Å². The van der Waals surface area contributed by atoms with Gasteiger partial charge in [-0.15, -0.1) is 0 Å². The lowest BCUT2D eigenvalue weighted by Gasteiger charge is -2.15. The van der Waals surface area contributed by atoms with Gasteiger partial charge in [0.15, 0.2) is 0 Å². The number of amides is 3. The number of carbonyl (C=O) groups is 2. The zero-order valence-corrected chi connectivity index (χ0v) is 15.5. The van der Waals surface area contributed by atoms with E-state index in [0.717, 1.165) is 18.6 Å². The largest absolute Gasteiger partial charge is 0.497 e. The highest BCUT2D eigenvalue weighted by Gasteiger charge is 2.14. The number of furan rings is 1. The monoisotopic (exact) mass is 359 g/mol. The maximum Gasteiger partial charge on any atom is 0.333 e. The van der Waals surface area contributed by atoms with Gasteiger partial charge in [0, 0.05) is 6.04 Å². The zero-order chi connectivity index (χ0) is 19.1. The fourth-order valence-electron chi connectivity index (χ4n) is 2.54. The lowest BCUT2D eigenvalue weighted by molar-refractivity contribution is 0.0934. The van der Waals surface area contributed by atoms with Gasteiger partial charge in [-0.25, -0.2) is 10.2 Å². The van der Waals surface area contributed by atoms with E-state index in [4.69, 9.17) is 9.15 Å². The molecular formula is C19H25N3O4. The molecule has 1 aromatic carbocycles. The van der Waals surface area contributed by atoms with Crippen molar-refractivity contribution in [2.75, 3.05) is 7.11 Å². The third-order valence-electron chi connectivity index (χ3n) is 3.98. The van der Waals surface area contributed by atoms with Crippen molar-refractivity contribution in [3.05, 3.63) is 53.0 Å². The predicted molar refractivity (Wildman–Crippen MR) is 98.1 cm³/mol. The zero-order valence-electron chi connectivity index (χ0n) is 15.5. The van der Waals surface area contributed by atoms with E-state index in [1.807, 2.05) is 31.2 Å². The molecule has 1 heterocycles. The fourth-order valence-corrected chi connectivity index (χ4v) is 2.54. The van der Waals surface area contributed by atoms with Gasteiger partial charge >= 0.3 is 6.03 Å². The summed E-state index contributed by atoms with van der Waals surface area (Å²) in [6.07, 6.45) is 1.60. The predicted octanol–water partition coefficient (Wildman–Crippen LogP) is 2.87. The van der Waals surface area contributed by atoms with E-state index in [1.165, 1.54) is 5.56 Å². The van der Waals surface area contributed by atoms with Crippen LogP contribution in [0.25, 0.3) is 0 Å². The van der Waals surface area contributed by atoms with E-state index < -0.39 is 11.9 Å². The number of ether oxygens (including phenoxy) is 1. The highest BCUT2D eigenvalue weighted by Crippen LogP contribution is 2.14. The van der Waals surface area contributed by atoms with E-state index in [-0.39, 0.29) is 6.04 Å². The van der Waals surface area contributed by atoms with Gasteiger partial charge in [-0.3, -0.25) is 10.2 Å². The first-order valence-electron chi connectivity index (χ1n) is 8.46. The Bertz CT molecular complexity index is 753. The molecule has 0 aliphatic carbocycles. The molecule has 0 aliphatic heterocycles. The molecule has 7 heteroatoms. The molecule has 26 heavy (non-hydrogen) atoms. The van der Waals surface area contributed by atoms with Crippen LogP contribution in [0, 0.1) is 13.8 Å². The first kappa shape index (κ1) is 19.4. The van der Waals surface area contributed by atoms with E-state index >= 15 is 0 Å². The summed E-state index contributed by atoms with van der Waals surface area (Å²) in [7, 11) is 1.63. The minimum absolute atomic E-state index is 0.0492. The standard InChI is InChI=1S/C19H25N3O4/c1-12(5-6-15-7-9-16(25-4)10-8-15)20-19(24)22-21-18(23)17-11-13(2)26-14(17)3/h7-12H,5-6H2,1-4H3,(H,21,23)(H2,20,22,24). The number of rotatable bonds is 6. The normalized spacial score (nSPS) is 11.5. The number of hydrazine groups is 1. The number of hydrogen-bond acceptors (Lipinski definition) is 4. The molecule has 0 aliphatic rings. The number of nitrogens with one attached hydrogen (secondary N) is 3. The average molecular weight is 359 g/mol. The SMILES string of the molecule is COc1ccc(CCC(C)NC(=O)NNC(=O)c2cc(C)oc2C)cc1. The molecule has 7 nitrogen and oxygen atoms in total. The molecular weight excluding hydrogens is 334 g/mol. The molecule has 1 unspecified atom stereocenters. The van der Waals surface area contributed by atoms with Crippen molar-refractivity contribution in [2.45, 2.75) is 39.7 Å². The number of carbonyl (C=O) groups excluding carboxylic acids is 2. The van der Waals surface area contributed by atoms with Gasteiger partial charge in [-0.05, 0) is 57.4 Å². The van der Waals surface area contributed by atoms with Crippen LogP contribution >= 0.6 is 0 Å². The van der Waals surface area contributed by atoms with E-state index in [2.05, 4.69) is 16.2 Å². The number of methoxy groups -OCH3 is 1. The molecule has 3 amide bonds. The van der Waals surface area contributed by atoms with Crippen molar-refractivity contribution in [1.29, 1.82) is 0 Å². The minimum Gasteiger partial charge on any atom is -0.497 e. The second kappa shape index (κ2) is 8.94. The maximum atomic E-state index is 12.0. The van der Waals surface area contributed by atoms with Crippen LogP contribution in [0.3, 0.4) is 0 Å². The Kier molecular flexibility index (Phi) is 6.66. The molecule has 0 bridgehead atoms. The summed E-state index contributed by atoms with van der Waals surface area (Å²) in [5, 5.41) is 2.79. The Labute approximate surface area is 153 Å². The molecule has 1 aromatic heterocycles. The Morgan fingerprint density at radius 3 is 2.42 bits per heavy atom. The van der Waals surface area contributed by atoms with Crippen LogP contribution in [0.5, 0.6) is 5.75 Å². The number of benzene rings is 1. The van der Waals surface area contributed by atoms with Gasteiger partial charge in [-0.2, -0.15) is 0 Å². The molecule has 2 aromatic rings. The molecule has 0 radical (unpaired) electrons. The lowest BCUT2D eigenvalue weighted by Crippen LogP contribution is -2.49. The van der Waals surface area contributed by atoms with Crippen LogP contribution in [0.1, 0.15) is 40.8 Å². The lowest BCUT2D eigenvalue weighted by atomic mass is 10.1. The van der Waals surface area contributed by atoms with Crippen molar-refractivity contribution in [3.63, 3.8) is 0 Å². The van der Waals surface area contributed by atoms with Crippen molar-refractivity contribution >= 4 is 11.9 Å². The Balaban J connectivity index is 1.72. The molecule has 0 spiro atoms. The summed E-state index contributed by atoms with van der Waals surface area (Å²) in [6.45, 7) is 5.37. The average Bonchev–Trinajstić information content (AvgIpc) is 2.96. The van der Waals surface area contributed by atoms with Crippen molar-refractivity contribution in [1.82, 2.24) is 16.2 Å². The molecule has 0 saturated carbocycles. The number of aryl methyl sites for hydroxylation is 3. The van der Waals surface area contributed by atoms with Crippen LogP contribution in [0.15, 0.2) is 34.7 Å². The summed E-state index contributed by atoms with van der Waals surface area (Å²) in [6, 6.07) is 8.94. The van der Waals surface area contributed by atoms with Crippen LogP contribution in [0.4, 0.5) is 4.79 Å². The quantitative estimate of drug-likeness (QED) is 0.692. The summed E-state index contributed by atoms with van der Waals surface area (Å²) in [4.78, 5) is 23.9. The summed E-state index contributed by atoms with van der Waals surface area (Å²) in [5.74, 6) is 1.55. The molecule has 2 rings (SSSR count). The second-order valence-corrected chi connectivity index (χ2v) is 6.17. The molecule has 3 N–H and O–H groups in total. The van der Waals surface area contributed by atoms with E-state index in [9.17, 15) is 9.59 Å². The Morgan fingerprint density at radius 1 is 1.15 bits per heavy atom. The molecule has 1 atom stereocenters. The summed E-state index contributed by atoms with van der Waals surface area (Å²) in [5.41, 5.74) is 6.29. The number of hydrogen-bond donors (Lipinski definition) is 3. The van der Waals surface area contributed by atoms with Crippen LogP contribution in [0.2, 0.25) is 0 Å². The number of urea groups is 1. The van der Waals surface area contributed by atoms with Gasteiger partial charge in [0.25, 0.3) is 5.91 Å². The van der Waals surface area contributed by atoms with Crippen molar-refractivity contribution in [3.8, 4) is 5.75 Å². The topological polar surface area (TPSA) is 92.6 Å². The minimum atomic E-state index is -0.460.